The Morgan fingerprint density at radius 3 is 2.57 bits per heavy atom. The summed E-state index contributed by atoms with van der Waals surface area (Å²) in [6.45, 7) is 1.50. The molecule has 1 aromatic carbocycles. The smallest absolute Gasteiger partial charge is 0.271 e. The van der Waals surface area contributed by atoms with Crippen LogP contribution in [0.3, 0.4) is 0 Å². The van der Waals surface area contributed by atoms with Crippen LogP contribution in [0.5, 0.6) is 11.6 Å². The summed E-state index contributed by atoms with van der Waals surface area (Å²) in [4.78, 5) is 26.0. The van der Waals surface area contributed by atoms with Crippen molar-refractivity contribution in [3.05, 3.63) is 55.8 Å². The van der Waals surface area contributed by atoms with Crippen LogP contribution in [0.2, 0.25) is 5.02 Å². The predicted molar refractivity (Wildman–Crippen MR) is 105 cm³/mol. The third kappa shape index (κ3) is 3.38. The molecule has 0 bridgehead atoms. The molecule has 0 spiro atoms. The van der Waals surface area contributed by atoms with E-state index < -0.39 is 11.3 Å². The van der Waals surface area contributed by atoms with Crippen LogP contribution in [0.4, 0.5) is 0 Å². The number of aromatic nitrogens is 1. The van der Waals surface area contributed by atoms with E-state index in [1.807, 2.05) is 6.07 Å². The lowest BCUT2D eigenvalue weighted by Gasteiger charge is -2.26. The average molecular weight is 401 g/mol. The Balaban J connectivity index is 2.20. The summed E-state index contributed by atoms with van der Waals surface area (Å²) >= 11 is 6.13. The molecule has 6 nitrogen and oxygen atoms in total. The van der Waals surface area contributed by atoms with Gasteiger partial charge in [-0.1, -0.05) is 30.9 Å². The van der Waals surface area contributed by atoms with Crippen LogP contribution in [0.15, 0.2) is 23.0 Å². The first-order chi connectivity index (χ1) is 13.4. The van der Waals surface area contributed by atoms with Crippen molar-refractivity contribution >= 4 is 17.4 Å². The number of pyridine rings is 1. The van der Waals surface area contributed by atoms with Crippen LogP contribution in [0.1, 0.15) is 65.2 Å². The normalized spacial score (nSPS) is 14.5. The Labute approximate surface area is 167 Å². The molecule has 0 aliphatic heterocycles. The minimum atomic E-state index is -0.547. The van der Waals surface area contributed by atoms with Gasteiger partial charge in [0.05, 0.1) is 17.7 Å². The lowest BCUT2D eigenvalue weighted by Crippen LogP contribution is -2.31. The average Bonchev–Trinajstić information content (AvgIpc) is 2.69. The Bertz CT molecular complexity index is 1030. The molecule has 0 saturated heterocycles. The maximum Gasteiger partial charge on any atom is 0.271 e. The number of carbonyl (C=O) groups excluding carboxylic acids is 1. The predicted octanol–water partition coefficient (Wildman–Crippen LogP) is 4.13. The third-order valence-electron chi connectivity index (χ3n) is 5.33. The van der Waals surface area contributed by atoms with Crippen LogP contribution < -0.4 is 10.3 Å². The number of ketones is 1. The maximum absolute atomic E-state index is 13.2. The van der Waals surface area contributed by atoms with E-state index in [-0.39, 0.29) is 39.2 Å². The molecule has 0 radical (unpaired) electrons. The minimum absolute atomic E-state index is 0.0389. The third-order valence-corrected chi connectivity index (χ3v) is 5.62. The van der Waals surface area contributed by atoms with Gasteiger partial charge in [0.2, 0.25) is 5.88 Å². The van der Waals surface area contributed by atoms with Gasteiger partial charge in [-0.2, -0.15) is 5.26 Å². The van der Waals surface area contributed by atoms with Crippen molar-refractivity contribution in [2.24, 2.45) is 0 Å². The summed E-state index contributed by atoms with van der Waals surface area (Å²) in [6, 6.07) is 6.23. The summed E-state index contributed by atoms with van der Waals surface area (Å²) in [5.74, 6) is -0.463. The van der Waals surface area contributed by atoms with Gasteiger partial charge in [0.1, 0.15) is 17.4 Å². The maximum atomic E-state index is 13.2. The molecular formula is C21H21ClN2O4. The highest BCUT2D eigenvalue weighted by atomic mass is 35.5. The number of ether oxygens (including phenoxy) is 1. The van der Waals surface area contributed by atoms with Gasteiger partial charge in [0.15, 0.2) is 5.78 Å². The van der Waals surface area contributed by atoms with Crippen molar-refractivity contribution in [3.8, 4) is 17.7 Å². The number of benzene rings is 1. The van der Waals surface area contributed by atoms with Crippen molar-refractivity contribution in [2.75, 3.05) is 7.11 Å². The zero-order chi connectivity index (χ0) is 20.4. The second-order valence-corrected chi connectivity index (χ2v) is 7.36. The number of nitriles is 1. The van der Waals surface area contributed by atoms with E-state index in [0.29, 0.717) is 5.75 Å². The molecule has 1 aliphatic rings. The SMILES string of the molecule is COc1ccc(C(=O)c2c(C)c(C#N)c(=O)n(C3CCCCC3)c2O)cc1Cl. The highest BCUT2D eigenvalue weighted by molar-refractivity contribution is 6.32. The standard InChI is InChI=1S/C21H21ClN2O4/c1-12-15(11-23)20(26)24(14-6-4-3-5-7-14)21(27)18(12)19(25)13-8-9-17(28-2)16(22)10-13/h8-10,14,27H,3-7H2,1-2H3. The van der Waals surface area contributed by atoms with E-state index in [9.17, 15) is 20.0 Å². The van der Waals surface area contributed by atoms with Crippen LogP contribution in [-0.4, -0.2) is 22.6 Å². The first kappa shape index (κ1) is 20.0. The number of carbonyl (C=O) groups is 1. The molecule has 0 atom stereocenters. The highest BCUT2D eigenvalue weighted by Crippen LogP contribution is 2.34. The van der Waals surface area contributed by atoms with Gasteiger partial charge in [0.25, 0.3) is 5.56 Å². The lowest BCUT2D eigenvalue weighted by molar-refractivity contribution is 0.103. The molecule has 1 heterocycles. The molecule has 2 aromatic rings. The Morgan fingerprint density at radius 2 is 2.00 bits per heavy atom. The Morgan fingerprint density at radius 1 is 1.32 bits per heavy atom. The molecule has 3 rings (SSSR count). The monoisotopic (exact) mass is 400 g/mol. The molecule has 146 valence electrons. The largest absolute Gasteiger partial charge is 0.495 e. The van der Waals surface area contributed by atoms with Crippen molar-refractivity contribution in [2.45, 2.75) is 45.1 Å². The van der Waals surface area contributed by atoms with Crippen molar-refractivity contribution in [3.63, 3.8) is 0 Å². The fourth-order valence-electron chi connectivity index (χ4n) is 3.82. The lowest BCUT2D eigenvalue weighted by atomic mass is 9.93. The summed E-state index contributed by atoms with van der Waals surface area (Å²) in [5, 5.41) is 20.7. The van der Waals surface area contributed by atoms with E-state index in [0.717, 1.165) is 32.1 Å². The molecule has 1 aliphatic carbocycles. The van der Waals surface area contributed by atoms with Crippen LogP contribution in [-0.2, 0) is 0 Å². The second kappa shape index (κ2) is 8.07. The molecule has 0 amide bonds. The van der Waals surface area contributed by atoms with E-state index in [4.69, 9.17) is 16.3 Å². The number of hydrogen-bond acceptors (Lipinski definition) is 5. The Kier molecular flexibility index (Phi) is 5.76. The number of aromatic hydroxyl groups is 1. The van der Waals surface area contributed by atoms with E-state index >= 15 is 0 Å². The van der Waals surface area contributed by atoms with Crippen LogP contribution in [0, 0.1) is 18.3 Å². The first-order valence-corrected chi connectivity index (χ1v) is 9.54. The van der Waals surface area contributed by atoms with Crippen LogP contribution in [0.25, 0.3) is 0 Å². The molecule has 1 saturated carbocycles. The minimum Gasteiger partial charge on any atom is -0.495 e. The molecule has 1 N–H and O–H groups in total. The van der Waals surface area contributed by atoms with Gasteiger partial charge >= 0.3 is 0 Å². The van der Waals surface area contributed by atoms with Gasteiger partial charge < -0.3 is 9.84 Å². The fourth-order valence-corrected chi connectivity index (χ4v) is 4.08. The van der Waals surface area contributed by atoms with E-state index in [1.165, 1.54) is 30.7 Å². The zero-order valence-electron chi connectivity index (χ0n) is 15.8. The second-order valence-electron chi connectivity index (χ2n) is 6.96. The molecule has 7 heteroatoms. The molecule has 28 heavy (non-hydrogen) atoms. The molecule has 1 fully saturated rings. The van der Waals surface area contributed by atoms with Crippen molar-refractivity contribution in [1.82, 2.24) is 4.57 Å². The summed E-state index contributed by atoms with van der Waals surface area (Å²) in [5.41, 5.74) is -0.293. The number of halogens is 1. The van der Waals surface area contributed by atoms with Crippen molar-refractivity contribution in [1.29, 1.82) is 5.26 Å². The van der Waals surface area contributed by atoms with Gasteiger partial charge in [-0.3, -0.25) is 14.2 Å². The number of nitrogens with zero attached hydrogens (tertiary/aromatic N) is 2. The van der Waals surface area contributed by atoms with Gasteiger partial charge in [-0.25, -0.2) is 0 Å². The molecular weight excluding hydrogens is 380 g/mol. The molecule has 1 aromatic heterocycles. The van der Waals surface area contributed by atoms with Gasteiger partial charge in [-0.05, 0) is 43.5 Å². The molecule has 0 unspecified atom stereocenters. The number of hydrogen-bond donors (Lipinski definition) is 1. The van der Waals surface area contributed by atoms with E-state index in [2.05, 4.69) is 0 Å². The number of methoxy groups -OCH3 is 1. The first-order valence-electron chi connectivity index (χ1n) is 9.17. The number of rotatable bonds is 4. The van der Waals surface area contributed by atoms with Gasteiger partial charge in [-0.15, -0.1) is 0 Å². The zero-order valence-corrected chi connectivity index (χ0v) is 16.5. The summed E-state index contributed by atoms with van der Waals surface area (Å²) < 4.78 is 6.33. The highest BCUT2D eigenvalue weighted by Gasteiger charge is 2.29. The topological polar surface area (TPSA) is 92.3 Å². The Hall–Kier alpha value is -2.78. The van der Waals surface area contributed by atoms with Gasteiger partial charge in [0, 0.05) is 11.6 Å². The quantitative estimate of drug-likeness (QED) is 0.779. The van der Waals surface area contributed by atoms with Crippen LogP contribution >= 0.6 is 11.6 Å². The summed E-state index contributed by atoms with van der Waals surface area (Å²) in [6.07, 6.45) is 4.39. The summed E-state index contributed by atoms with van der Waals surface area (Å²) in [7, 11) is 1.47. The fraction of sp³-hybridized carbons (Fsp3) is 0.381. The van der Waals surface area contributed by atoms with E-state index in [1.54, 1.807) is 6.07 Å². The van der Waals surface area contributed by atoms with Crippen molar-refractivity contribution < 1.29 is 14.6 Å².